The molecule has 3 rings (SSSR count). The molecule has 7 nitrogen and oxygen atoms in total. The summed E-state index contributed by atoms with van der Waals surface area (Å²) in [6.07, 6.45) is 2.12. The first-order valence-electron chi connectivity index (χ1n) is 9.12. The second-order valence-corrected chi connectivity index (χ2v) is 12.4. The smallest absolute Gasteiger partial charge is 0.322 e. The van der Waals surface area contributed by atoms with E-state index in [9.17, 15) is 14.4 Å². The average Bonchev–Trinajstić information content (AvgIpc) is 2.88. The van der Waals surface area contributed by atoms with Gasteiger partial charge in [-0.2, -0.15) is 0 Å². The fourth-order valence-corrected chi connectivity index (χ4v) is 4.82. The van der Waals surface area contributed by atoms with Crippen LogP contribution in [0.25, 0.3) is 0 Å². The number of hydrogen-bond donors (Lipinski definition) is 0. The normalized spacial score (nSPS) is 24.5. The second kappa shape index (κ2) is 7.09. The van der Waals surface area contributed by atoms with Crippen molar-refractivity contribution in [2.24, 2.45) is 5.41 Å². The van der Waals surface area contributed by atoms with E-state index in [1.54, 1.807) is 37.5 Å². The third-order valence-electron chi connectivity index (χ3n) is 5.08. The van der Waals surface area contributed by atoms with E-state index < -0.39 is 37.4 Å². The number of ether oxygens (including phenoxy) is 2. The number of esters is 1. The largest absolute Gasteiger partial charge is 0.548 e. The predicted molar refractivity (Wildman–Crippen MR) is 105 cm³/mol. The van der Waals surface area contributed by atoms with E-state index in [1.807, 2.05) is 0 Å². The number of methoxy groups -OCH3 is 2. The van der Waals surface area contributed by atoms with Crippen molar-refractivity contribution in [3.05, 3.63) is 36.1 Å². The van der Waals surface area contributed by atoms with Gasteiger partial charge in [-0.3, -0.25) is 14.4 Å². The Balaban J connectivity index is 2.07. The highest BCUT2D eigenvalue weighted by atomic mass is 28.4. The van der Waals surface area contributed by atoms with E-state index in [-0.39, 0.29) is 12.8 Å². The Morgan fingerprint density at radius 1 is 1.14 bits per heavy atom. The second-order valence-electron chi connectivity index (χ2n) is 7.97. The Kier molecular flexibility index (Phi) is 5.09. The lowest BCUT2D eigenvalue weighted by molar-refractivity contribution is -0.159. The first kappa shape index (κ1) is 20.1. The Labute approximate surface area is 165 Å². The van der Waals surface area contributed by atoms with Crippen LogP contribution < -0.4 is 9.64 Å². The van der Waals surface area contributed by atoms with Gasteiger partial charge < -0.3 is 18.8 Å². The van der Waals surface area contributed by atoms with Crippen LogP contribution in [0.15, 0.2) is 36.1 Å². The Bertz CT molecular complexity index is 841. The molecular formula is C20H25NO6Si. The number of hydrogen-bond acceptors (Lipinski definition) is 6. The van der Waals surface area contributed by atoms with Crippen LogP contribution in [0.3, 0.4) is 0 Å². The van der Waals surface area contributed by atoms with Crippen molar-refractivity contribution < 1.29 is 28.3 Å². The number of anilines is 1. The Hall–Kier alpha value is -2.61. The van der Waals surface area contributed by atoms with Crippen LogP contribution in [0.1, 0.15) is 12.8 Å². The molecule has 2 aliphatic rings. The summed E-state index contributed by atoms with van der Waals surface area (Å²) < 4.78 is 16.2. The minimum atomic E-state index is -1.89. The minimum absolute atomic E-state index is 0.0847. The molecule has 0 aromatic heterocycles. The van der Waals surface area contributed by atoms with Crippen molar-refractivity contribution in [3.8, 4) is 5.75 Å². The maximum Gasteiger partial charge on any atom is 0.322 e. The van der Waals surface area contributed by atoms with Gasteiger partial charge in [0.05, 0.1) is 26.0 Å². The summed E-state index contributed by atoms with van der Waals surface area (Å²) in [6, 6.07) is 6.14. The van der Waals surface area contributed by atoms with E-state index in [4.69, 9.17) is 13.9 Å². The number of allylic oxidation sites excluding steroid dienone is 1. The Morgan fingerprint density at radius 3 is 2.32 bits per heavy atom. The number of fused-ring (bicyclic) bond motifs is 1. The van der Waals surface area contributed by atoms with E-state index >= 15 is 0 Å². The molecule has 150 valence electrons. The topological polar surface area (TPSA) is 82.1 Å². The van der Waals surface area contributed by atoms with E-state index in [0.29, 0.717) is 17.2 Å². The number of rotatable bonds is 5. The summed E-state index contributed by atoms with van der Waals surface area (Å²) >= 11 is 0. The zero-order valence-corrected chi connectivity index (χ0v) is 17.8. The number of carbonyl (C=O) groups excluding carboxylic acids is 3. The van der Waals surface area contributed by atoms with Gasteiger partial charge >= 0.3 is 5.97 Å². The molecule has 8 heteroatoms. The van der Waals surface area contributed by atoms with Crippen LogP contribution >= 0.6 is 0 Å². The van der Waals surface area contributed by atoms with E-state index in [0.717, 1.165) is 0 Å². The van der Waals surface area contributed by atoms with Gasteiger partial charge in [-0.25, -0.2) is 0 Å². The van der Waals surface area contributed by atoms with Gasteiger partial charge in [0, 0.05) is 12.1 Å². The van der Waals surface area contributed by atoms with Crippen molar-refractivity contribution >= 4 is 31.7 Å². The van der Waals surface area contributed by atoms with Crippen LogP contribution in [0.2, 0.25) is 19.6 Å². The minimum Gasteiger partial charge on any atom is -0.548 e. The molecule has 1 aliphatic carbocycles. The fourth-order valence-electron chi connectivity index (χ4n) is 3.87. The van der Waals surface area contributed by atoms with Gasteiger partial charge in [-0.05, 0) is 56.4 Å². The molecule has 1 aliphatic heterocycles. The molecule has 0 radical (unpaired) electrons. The summed E-state index contributed by atoms with van der Waals surface area (Å²) in [5, 5.41) is 0. The summed E-state index contributed by atoms with van der Waals surface area (Å²) in [5.74, 6) is -0.779. The highest BCUT2D eigenvalue weighted by molar-refractivity contribution is 6.70. The van der Waals surface area contributed by atoms with Gasteiger partial charge in [-0.15, -0.1) is 0 Å². The first-order chi connectivity index (χ1) is 13.1. The molecule has 0 N–H and O–H groups in total. The lowest BCUT2D eigenvalue weighted by atomic mass is 9.72. The molecule has 28 heavy (non-hydrogen) atoms. The van der Waals surface area contributed by atoms with Gasteiger partial charge in [-0.1, -0.05) is 0 Å². The summed E-state index contributed by atoms with van der Waals surface area (Å²) in [6.45, 7) is 6.17. The zero-order chi connectivity index (χ0) is 20.7. The molecule has 1 aromatic carbocycles. The first-order valence-corrected chi connectivity index (χ1v) is 12.5. The van der Waals surface area contributed by atoms with Crippen molar-refractivity contribution in [2.45, 2.75) is 38.5 Å². The predicted octanol–water partition coefficient (Wildman–Crippen LogP) is 2.67. The van der Waals surface area contributed by atoms with Gasteiger partial charge in [0.1, 0.15) is 5.75 Å². The monoisotopic (exact) mass is 403 g/mol. The number of benzene rings is 1. The molecule has 1 fully saturated rings. The number of carbonyl (C=O) groups is 3. The zero-order valence-electron chi connectivity index (χ0n) is 16.8. The summed E-state index contributed by atoms with van der Waals surface area (Å²) in [5.41, 5.74) is -1.01. The SMILES string of the molecule is COC(=O)[C@]12CC=C(O[Si](C)(C)C)C[C@H]1N(c1ccc(OC)cc1)C(=O)C2=O. The number of amides is 1. The van der Waals surface area contributed by atoms with Crippen LogP contribution in [0.5, 0.6) is 5.75 Å². The van der Waals surface area contributed by atoms with Gasteiger partial charge in [0.15, 0.2) is 5.41 Å². The van der Waals surface area contributed by atoms with Crippen molar-refractivity contribution in [2.75, 3.05) is 19.1 Å². The standard InChI is InChI=1S/C20H25NO6Si/c1-25-14-8-6-13(7-9-14)21-16-12-15(27-28(3,4)5)10-11-20(16,19(24)26-2)17(22)18(21)23/h6-10,16H,11-12H2,1-5H3/t16-,20-/m1/s1. The van der Waals surface area contributed by atoms with E-state index in [1.165, 1.54) is 12.0 Å². The van der Waals surface area contributed by atoms with Gasteiger partial charge in [0.2, 0.25) is 14.1 Å². The highest BCUT2D eigenvalue weighted by Gasteiger charge is 2.65. The third-order valence-corrected chi connectivity index (χ3v) is 5.96. The average molecular weight is 404 g/mol. The lowest BCUT2D eigenvalue weighted by Gasteiger charge is -2.38. The Morgan fingerprint density at radius 2 is 1.79 bits per heavy atom. The molecule has 2 atom stereocenters. The quantitative estimate of drug-likeness (QED) is 0.325. The van der Waals surface area contributed by atoms with Crippen molar-refractivity contribution in [1.82, 2.24) is 0 Å². The maximum atomic E-state index is 13.0. The fraction of sp³-hybridized carbons (Fsp3) is 0.450. The van der Waals surface area contributed by atoms with E-state index in [2.05, 4.69) is 19.6 Å². The van der Waals surface area contributed by atoms with Gasteiger partial charge in [0.25, 0.3) is 5.91 Å². The summed E-state index contributed by atoms with van der Waals surface area (Å²) in [4.78, 5) is 40.0. The molecule has 0 unspecified atom stereocenters. The number of Topliss-reactive ketones (excluding diaryl/α,β-unsaturated/α-hetero) is 1. The molecule has 0 saturated carbocycles. The molecular weight excluding hydrogens is 378 g/mol. The molecule has 1 heterocycles. The number of ketones is 1. The number of nitrogens with zero attached hydrogens (tertiary/aromatic N) is 1. The molecule has 1 aromatic rings. The molecule has 0 spiro atoms. The third kappa shape index (κ3) is 3.21. The van der Waals surface area contributed by atoms with Crippen LogP contribution in [-0.4, -0.2) is 46.2 Å². The van der Waals surface area contributed by atoms with Crippen molar-refractivity contribution in [3.63, 3.8) is 0 Å². The van der Waals surface area contributed by atoms with Crippen LogP contribution in [0, 0.1) is 5.41 Å². The van der Waals surface area contributed by atoms with Crippen LogP contribution in [-0.2, 0) is 23.5 Å². The molecule has 0 bridgehead atoms. The highest BCUT2D eigenvalue weighted by Crippen LogP contribution is 2.48. The van der Waals surface area contributed by atoms with Crippen molar-refractivity contribution in [1.29, 1.82) is 0 Å². The molecule has 1 amide bonds. The maximum absolute atomic E-state index is 13.0. The lowest BCUT2D eigenvalue weighted by Crippen LogP contribution is -2.50. The van der Waals surface area contributed by atoms with Crippen LogP contribution in [0.4, 0.5) is 5.69 Å². The molecule has 1 saturated heterocycles. The summed E-state index contributed by atoms with van der Waals surface area (Å²) in [7, 11) is 0.900.